The van der Waals surface area contributed by atoms with Crippen LogP contribution in [0.2, 0.25) is 0 Å². The van der Waals surface area contributed by atoms with E-state index in [1.165, 1.54) is 12.1 Å². The third kappa shape index (κ3) is 5.94. The molecule has 9 heteroatoms. The van der Waals surface area contributed by atoms with Gasteiger partial charge in [-0.05, 0) is 29.8 Å². The summed E-state index contributed by atoms with van der Waals surface area (Å²) in [4.78, 5) is 14.0. The standard InChI is InChI=1S/C20H23BrN2O5S/c1-23(14-15-3-5-16(21)6-4-15)20(24)9-10-22-29(25,26)17-7-8-18-19(13-17)28-12-2-11-27-18/h3-8,13,22H,2,9-12,14H2,1H3. The van der Waals surface area contributed by atoms with E-state index < -0.39 is 10.0 Å². The van der Waals surface area contributed by atoms with Gasteiger partial charge in [0.1, 0.15) is 0 Å². The number of carbonyl (C=O) groups excluding carboxylic acids is 1. The fourth-order valence-electron chi connectivity index (χ4n) is 2.83. The van der Waals surface area contributed by atoms with Gasteiger partial charge in [0.2, 0.25) is 15.9 Å². The molecule has 0 bridgehead atoms. The van der Waals surface area contributed by atoms with Gasteiger partial charge >= 0.3 is 0 Å². The van der Waals surface area contributed by atoms with E-state index in [0.29, 0.717) is 31.3 Å². The smallest absolute Gasteiger partial charge is 0.240 e. The van der Waals surface area contributed by atoms with E-state index in [2.05, 4.69) is 20.7 Å². The van der Waals surface area contributed by atoms with Crippen molar-refractivity contribution in [3.05, 3.63) is 52.5 Å². The number of amides is 1. The molecule has 3 rings (SSSR count). The largest absolute Gasteiger partial charge is 0.490 e. The maximum absolute atomic E-state index is 12.5. The Morgan fingerprint density at radius 1 is 1.10 bits per heavy atom. The predicted molar refractivity (Wildman–Crippen MR) is 112 cm³/mol. The first-order chi connectivity index (χ1) is 13.8. The molecular weight excluding hydrogens is 460 g/mol. The highest BCUT2D eigenvalue weighted by atomic mass is 79.9. The van der Waals surface area contributed by atoms with E-state index in [4.69, 9.17) is 9.47 Å². The molecule has 0 radical (unpaired) electrons. The summed E-state index contributed by atoms with van der Waals surface area (Å²) < 4.78 is 39.6. The van der Waals surface area contributed by atoms with Crippen molar-refractivity contribution < 1.29 is 22.7 Å². The Morgan fingerprint density at radius 2 is 1.79 bits per heavy atom. The van der Waals surface area contributed by atoms with Gasteiger partial charge in [0.05, 0.1) is 18.1 Å². The molecule has 1 aliphatic heterocycles. The monoisotopic (exact) mass is 482 g/mol. The number of halogens is 1. The molecule has 1 N–H and O–H groups in total. The van der Waals surface area contributed by atoms with E-state index in [0.717, 1.165) is 16.5 Å². The highest BCUT2D eigenvalue weighted by Crippen LogP contribution is 2.31. The Balaban J connectivity index is 1.54. The van der Waals surface area contributed by atoms with Crippen molar-refractivity contribution in [2.45, 2.75) is 24.3 Å². The number of carbonyl (C=O) groups is 1. The van der Waals surface area contributed by atoms with E-state index in [9.17, 15) is 13.2 Å². The topological polar surface area (TPSA) is 84.9 Å². The summed E-state index contributed by atoms with van der Waals surface area (Å²) in [6.07, 6.45) is 0.807. The Bertz CT molecular complexity index is 963. The number of nitrogens with one attached hydrogen (secondary N) is 1. The number of ether oxygens (including phenoxy) is 2. The number of rotatable bonds is 7. The van der Waals surface area contributed by atoms with Gasteiger partial charge in [-0.1, -0.05) is 28.1 Å². The highest BCUT2D eigenvalue weighted by Gasteiger charge is 2.19. The minimum Gasteiger partial charge on any atom is -0.490 e. The average molecular weight is 483 g/mol. The van der Waals surface area contributed by atoms with Crippen LogP contribution >= 0.6 is 15.9 Å². The summed E-state index contributed by atoms with van der Waals surface area (Å²) in [6, 6.07) is 12.2. The summed E-state index contributed by atoms with van der Waals surface area (Å²) in [5.74, 6) is 0.802. The zero-order chi connectivity index (χ0) is 20.9. The van der Waals surface area contributed by atoms with Gasteiger partial charge in [0.15, 0.2) is 11.5 Å². The maximum Gasteiger partial charge on any atom is 0.240 e. The molecule has 0 saturated heterocycles. The third-order valence-electron chi connectivity index (χ3n) is 4.42. The maximum atomic E-state index is 12.5. The number of fused-ring (bicyclic) bond motifs is 1. The zero-order valence-electron chi connectivity index (χ0n) is 16.1. The fraction of sp³-hybridized carbons (Fsp3) is 0.350. The molecule has 0 fully saturated rings. The quantitative estimate of drug-likeness (QED) is 0.655. The van der Waals surface area contributed by atoms with Crippen LogP contribution in [0.15, 0.2) is 51.8 Å². The van der Waals surface area contributed by atoms with Gasteiger partial charge in [0, 0.05) is 43.5 Å². The van der Waals surface area contributed by atoms with E-state index >= 15 is 0 Å². The summed E-state index contributed by atoms with van der Waals surface area (Å²) in [5.41, 5.74) is 0.997. The minimum atomic E-state index is -3.75. The fourth-order valence-corrected chi connectivity index (χ4v) is 4.14. The van der Waals surface area contributed by atoms with Crippen molar-refractivity contribution in [2.24, 2.45) is 0 Å². The van der Waals surface area contributed by atoms with Gasteiger partial charge in [-0.25, -0.2) is 13.1 Å². The first-order valence-corrected chi connectivity index (χ1v) is 11.5. The molecule has 1 aliphatic rings. The normalized spacial score (nSPS) is 13.6. The van der Waals surface area contributed by atoms with Gasteiger partial charge in [-0.2, -0.15) is 0 Å². The van der Waals surface area contributed by atoms with E-state index in [1.807, 2.05) is 24.3 Å². The van der Waals surface area contributed by atoms with Crippen molar-refractivity contribution in [3.63, 3.8) is 0 Å². The first kappa shape index (κ1) is 21.6. The van der Waals surface area contributed by atoms with Crippen LogP contribution in [0, 0.1) is 0 Å². The van der Waals surface area contributed by atoms with Crippen molar-refractivity contribution in [3.8, 4) is 11.5 Å². The van der Waals surface area contributed by atoms with Crippen LogP contribution in [0.5, 0.6) is 11.5 Å². The number of hydrogen-bond acceptors (Lipinski definition) is 5. The molecule has 29 heavy (non-hydrogen) atoms. The number of hydrogen-bond donors (Lipinski definition) is 1. The lowest BCUT2D eigenvalue weighted by atomic mass is 10.2. The second-order valence-electron chi connectivity index (χ2n) is 6.68. The van der Waals surface area contributed by atoms with Crippen LogP contribution in [-0.4, -0.2) is 46.0 Å². The lowest BCUT2D eigenvalue weighted by Crippen LogP contribution is -2.32. The van der Waals surface area contributed by atoms with Crippen LogP contribution in [0.1, 0.15) is 18.4 Å². The molecule has 0 aliphatic carbocycles. The molecular formula is C20H23BrN2O5S. The Kier molecular flexibility index (Phi) is 7.15. The molecule has 0 atom stereocenters. The van der Waals surface area contributed by atoms with Crippen molar-refractivity contribution in [1.29, 1.82) is 0 Å². The molecule has 0 aromatic heterocycles. The summed E-state index contributed by atoms with van der Waals surface area (Å²) in [5, 5.41) is 0. The van der Waals surface area contributed by atoms with Crippen LogP contribution in [0.4, 0.5) is 0 Å². The molecule has 2 aromatic rings. The SMILES string of the molecule is CN(Cc1ccc(Br)cc1)C(=O)CCNS(=O)(=O)c1ccc2c(c1)OCCCO2. The van der Waals surface area contributed by atoms with Crippen LogP contribution in [0.3, 0.4) is 0 Å². The van der Waals surface area contributed by atoms with Crippen molar-refractivity contribution in [2.75, 3.05) is 26.8 Å². The minimum absolute atomic E-state index is 0.0142. The first-order valence-electron chi connectivity index (χ1n) is 9.23. The third-order valence-corrected chi connectivity index (χ3v) is 6.41. The Morgan fingerprint density at radius 3 is 2.52 bits per heavy atom. The average Bonchev–Trinajstić information content (AvgIpc) is 2.94. The van der Waals surface area contributed by atoms with Gasteiger partial charge in [0.25, 0.3) is 0 Å². The lowest BCUT2D eigenvalue weighted by molar-refractivity contribution is -0.130. The van der Waals surface area contributed by atoms with Gasteiger partial charge in [-0.3, -0.25) is 4.79 Å². The zero-order valence-corrected chi connectivity index (χ0v) is 18.5. The van der Waals surface area contributed by atoms with Crippen molar-refractivity contribution in [1.82, 2.24) is 9.62 Å². The Hall–Kier alpha value is -2.10. The van der Waals surface area contributed by atoms with Gasteiger partial charge in [-0.15, -0.1) is 0 Å². The summed E-state index contributed by atoms with van der Waals surface area (Å²) >= 11 is 3.38. The lowest BCUT2D eigenvalue weighted by Gasteiger charge is -2.17. The van der Waals surface area contributed by atoms with Crippen LogP contribution < -0.4 is 14.2 Å². The Labute approximate surface area is 179 Å². The number of nitrogens with zero attached hydrogens (tertiary/aromatic N) is 1. The van der Waals surface area contributed by atoms with E-state index in [-0.39, 0.29) is 23.8 Å². The number of sulfonamides is 1. The molecule has 0 unspecified atom stereocenters. The summed E-state index contributed by atoms with van der Waals surface area (Å²) in [7, 11) is -2.06. The molecule has 1 amide bonds. The van der Waals surface area contributed by atoms with Crippen LogP contribution in [0.25, 0.3) is 0 Å². The predicted octanol–water partition coefficient (Wildman–Crippen LogP) is 2.94. The summed E-state index contributed by atoms with van der Waals surface area (Å²) in [6.45, 7) is 1.48. The highest BCUT2D eigenvalue weighted by molar-refractivity contribution is 9.10. The molecule has 0 spiro atoms. The molecule has 1 heterocycles. The molecule has 7 nitrogen and oxygen atoms in total. The van der Waals surface area contributed by atoms with Crippen LogP contribution in [-0.2, 0) is 21.4 Å². The van der Waals surface area contributed by atoms with Crippen molar-refractivity contribution >= 4 is 31.9 Å². The van der Waals surface area contributed by atoms with Gasteiger partial charge < -0.3 is 14.4 Å². The second kappa shape index (κ2) is 9.60. The second-order valence-corrected chi connectivity index (χ2v) is 9.37. The molecule has 2 aromatic carbocycles. The number of benzene rings is 2. The van der Waals surface area contributed by atoms with E-state index in [1.54, 1.807) is 18.0 Å². The molecule has 156 valence electrons. The molecule has 0 saturated carbocycles.